The first-order valence-corrected chi connectivity index (χ1v) is 9.34. The summed E-state index contributed by atoms with van der Waals surface area (Å²) in [4.78, 5) is 24.0. The Morgan fingerprint density at radius 1 is 0.903 bits per heavy atom. The number of primary amides is 1. The van der Waals surface area contributed by atoms with Crippen molar-refractivity contribution in [2.75, 3.05) is 0 Å². The van der Waals surface area contributed by atoms with Gasteiger partial charge in [-0.2, -0.15) is 0 Å². The van der Waals surface area contributed by atoms with E-state index in [4.69, 9.17) is 10.5 Å². The minimum atomic E-state index is -1.38. The van der Waals surface area contributed by atoms with E-state index < -0.39 is 40.9 Å². The van der Waals surface area contributed by atoms with Crippen LogP contribution in [-0.4, -0.2) is 17.9 Å². The molecule has 0 spiro atoms. The fourth-order valence-corrected chi connectivity index (χ4v) is 2.91. The number of hydrogen-bond donors (Lipinski definition) is 2. The van der Waals surface area contributed by atoms with Crippen molar-refractivity contribution in [2.45, 2.75) is 19.1 Å². The summed E-state index contributed by atoms with van der Waals surface area (Å²) in [5, 5.41) is 2.20. The summed E-state index contributed by atoms with van der Waals surface area (Å²) in [6, 6.07) is 15.9. The van der Waals surface area contributed by atoms with Crippen molar-refractivity contribution in [2.24, 2.45) is 5.73 Å². The number of amides is 2. The van der Waals surface area contributed by atoms with Crippen LogP contribution in [0.4, 0.5) is 13.2 Å². The molecule has 1 atom stereocenters. The van der Waals surface area contributed by atoms with Crippen molar-refractivity contribution in [3.8, 4) is 5.75 Å². The van der Waals surface area contributed by atoms with Gasteiger partial charge in [0, 0.05) is 18.6 Å². The molecule has 0 saturated carbocycles. The molecular weight excluding hydrogens is 409 g/mol. The van der Waals surface area contributed by atoms with Crippen LogP contribution < -0.4 is 15.8 Å². The lowest BCUT2D eigenvalue weighted by Gasteiger charge is -2.16. The van der Waals surface area contributed by atoms with Gasteiger partial charge in [-0.3, -0.25) is 9.59 Å². The molecule has 2 amide bonds. The monoisotopic (exact) mass is 428 g/mol. The van der Waals surface area contributed by atoms with Gasteiger partial charge in [0.15, 0.2) is 0 Å². The summed E-state index contributed by atoms with van der Waals surface area (Å²) >= 11 is 0. The highest BCUT2D eigenvalue weighted by Crippen LogP contribution is 2.17. The van der Waals surface area contributed by atoms with E-state index in [2.05, 4.69) is 5.32 Å². The van der Waals surface area contributed by atoms with E-state index >= 15 is 0 Å². The zero-order valence-electron chi connectivity index (χ0n) is 16.3. The fraction of sp³-hybridized carbons (Fsp3) is 0.130. The maximum absolute atomic E-state index is 13.8. The van der Waals surface area contributed by atoms with E-state index in [1.165, 1.54) is 0 Å². The highest BCUT2D eigenvalue weighted by atomic mass is 19.1. The number of nitrogens with one attached hydrogen (secondary N) is 1. The summed E-state index contributed by atoms with van der Waals surface area (Å²) in [6.45, 7) is 0.384. The van der Waals surface area contributed by atoms with Crippen molar-refractivity contribution < 1.29 is 27.5 Å². The molecule has 3 rings (SSSR count). The molecule has 0 radical (unpaired) electrons. The molecule has 0 aliphatic carbocycles. The first-order chi connectivity index (χ1) is 14.8. The van der Waals surface area contributed by atoms with Gasteiger partial charge in [-0.15, -0.1) is 0 Å². The normalized spacial score (nSPS) is 11.6. The highest BCUT2D eigenvalue weighted by Gasteiger charge is 2.24. The number of hydrogen-bond acceptors (Lipinski definition) is 3. The Morgan fingerprint density at radius 2 is 1.52 bits per heavy atom. The van der Waals surface area contributed by atoms with Crippen LogP contribution in [0, 0.1) is 17.5 Å². The molecule has 160 valence electrons. The van der Waals surface area contributed by atoms with Crippen LogP contribution in [0.3, 0.4) is 0 Å². The molecule has 0 bridgehead atoms. The summed E-state index contributed by atoms with van der Waals surface area (Å²) in [5.41, 5.74) is 5.98. The van der Waals surface area contributed by atoms with Gasteiger partial charge in [0.2, 0.25) is 5.91 Å². The van der Waals surface area contributed by atoms with E-state index in [-0.39, 0.29) is 6.42 Å². The van der Waals surface area contributed by atoms with Gasteiger partial charge < -0.3 is 15.8 Å². The van der Waals surface area contributed by atoms with Gasteiger partial charge in [0.05, 0.1) is 0 Å². The average Bonchev–Trinajstić information content (AvgIpc) is 2.72. The van der Waals surface area contributed by atoms with Crippen molar-refractivity contribution in [3.63, 3.8) is 0 Å². The number of halogens is 3. The molecule has 0 aliphatic rings. The van der Waals surface area contributed by atoms with E-state index in [0.29, 0.717) is 30.1 Å². The second-order valence-electron chi connectivity index (χ2n) is 6.80. The lowest BCUT2D eigenvalue weighted by Crippen LogP contribution is -2.46. The minimum absolute atomic E-state index is 0.00945. The van der Waals surface area contributed by atoms with Crippen LogP contribution in [0.5, 0.6) is 5.75 Å². The predicted octanol–water partition coefficient (Wildman–Crippen LogP) is 3.51. The Morgan fingerprint density at radius 3 is 2.10 bits per heavy atom. The van der Waals surface area contributed by atoms with E-state index in [0.717, 1.165) is 5.56 Å². The molecule has 0 heterocycles. The number of carbonyl (C=O) groups is 2. The van der Waals surface area contributed by atoms with Gasteiger partial charge in [-0.1, -0.05) is 42.5 Å². The molecule has 31 heavy (non-hydrogen) atoms. The molecule has 3 aromatic rings. The van der Waals surface area contributed by atoms with Crippen molar-refractivity contribution in [1.82, 2.24) is 5.32 Å². The maximum Gasteiger partial charge on any atom is 0.257 e. The average molecular weight is 428 g/mol. The lowest BCUT2D eigenvalue weighted by molar-refractivity contribution is -0.119. The quantitative estimate of drug-likeness (QED) is 0.576. The van der Waals surface area contributed by atoms with E-state index in [9.17, 15) is 22.8 Å². The van der Waals surface area contributed by atoms with E-state index in [1.54, 1.807) is 24.3 Å². The SMILES string of the molecule is NC(=O)[C@@H](Cc1ccc(OCc2ccccc2)cc1)NC(=O)c1c(F)cc(F)cc1F. The maximum atomic E-state index is 13.8. The number of ether oxygens (including phenoxy) is 1. The lowest BCUT2D eigenvalue weighted by atomic mass is 10.0. The molecule has 0 saturated heterocycles. The van der Waals surface area contributed by atoms with Gasteiger partial charge in [0.1, 0.15) is 41.4 Å². The zero-order chi connectivity index (χ0) is 22.4. The van der Waals surface area contributed by atoms with Crippen molar-refractivity contribution in [3.05, 3.63) is 101 Å². The second kappa shape index (κ2) is 9.80. The summed E-state index contributed by atoms with van der Waals surface area (Å²) in [5.74, 6) is -5.41. The molecular formula is C23H19F3N2O3. The Bertz CT molecular complexity index is 1050. The molecule has 8 heteroatoms. The van der Waals surface area contributed by atoms with Crippen molar-refractivity contribution >= 4 is 11.8 Å². The third kappa shape index (κ3) is 5.85. The highest BCUT2D eigenvalue weighted by molar-refractivity contribution is 5.97. The number of benzene rings is 3. The summed E-state index contributed by atoms with van der Waals surface area (Å²) in [7, 11) is 0. The standard InChI is InChI=1S/C23H19F3N2O3/c24-16-11-18(25)21(19(26)12-16)23(30)28-20(22(27)29)10-14-6-8-17(9-7-14)31-13-15-4-2-1-3-5-15/h1-9,11-12,20H,10,13H2,(H2,27,29)(H,28,30)/t20-/m1/s1. The topological polar surface area (TPSA) is 81.4 Å². The molecule has 5 nitrogen and oxygen atoms in total. The van der Waals surface area contributed by atoms with Crippen LogP contribution in [0.25, 0.3) is 0 Å². The van der Waals surface area contributed by atoms with Crippen LogP contribution in [0.2, 0.25) is 0 Å². The van der Waals surface area contributed by atoms with Gasteiger partial charge >= 0.3 is 0 Å². The largest absolute Gasteiger partial charge is 0.489 e. The molecule has 3 N–H and O–H groups in total. The number of rotatable bonds is 8. The summed E-state index contributed by atoms with van der Waals surface area (Å²) in [6.07, 6.45) is -0.00945. The molecule has 0 fully saturated rings. The molecule has 0 aliphatic heterocycles. The zero-order valence-corrected chi connectivity index (χ0v) is 16.3. The Balaban J connectivity index is 1.65. The molecule has 3 aromatic carbocycles. The van der Waals surface area contributed by atoms with Crippen LogP contribution in [0.1, 0.15) is 21.5 Å². The van der Waals surface area contributed by atoms with E-state index in [1.807, 2.05) is 30.3 Å². The second-order valence-corrected chi connectivity index (χ2v) is 6.80. The molecule has 0 unspecified atom stereocenters. The van der Waals surface area contributed by atoms with Crippen LogP contribution >= 0.6 is 0 Å². The van der Waals surface area contributed by atoms with Gasteiger partial charge in [0.25, 0.3) is 5.91 Å². The van der Waals surface area contributed by atoms with Crippen molar-refractivity contribution in [1.29, 1.82) is 0 Å². The van der Waals surface area contributed by atoms with Gasteiger partial charge in [-0.05, 0) is 23.3 Å². The minimum Gasteiger partial charge on any atom is -0.489 e. The number of carbonyl (C=O) groups excluding carboxylic acids is 2. The van der Waals surface area contributed by atoms with Crippen LogP contribution in [0.15, 0.2) is 66.7 Å². The third-order valence-electron chi connectivity index (χ3n) is 4.49. The Kier molecular flexibility index (Phi) is 6.92. The third-order valence-corrected chi connectivity index (χ3v) is 4.49. The number of nitrogens with two attached hydrogens (primary N) is 1. The molecule has 0 aromatic heterocycles. The fourth-order valence-electron chi connectivity index (χ4n) is 2.91. The Labute approximate surface area is 176 Å². The summed E-state index contributed by atoms with van der Waals surface area (Å²) < 4.78 is 46.3. The Hall–Kier alpha value is -3.81. The smallest absolute Gasteiger partial charge is 0.257 e. The first kappa shape index (κ1) is 21.9. The predicted molar refractivity (Wildman–Crippen MR) is 108 cm³/mol. The van der Waals surface area contributed by atoms with Crippen LogP contribution in [-0.2, 0) is 17.8 Å². The van der Waals surface area contributed by atoms with Gasteiger partial charge in [-0.25, -0.2) is 13.2 Å². The first-order valence-electron chi connectivity index (χ1n) is 9.34.